The van der Waals surface area contributed by atoms with E-state index in [1.54, 1.807) is 24.3 Å². The van der Waals surface area contributed by atoms with Gasteiger partial charge in [-0.05, 0) is 35.7 Å². The molecule has 0 saturated carbocycles. The number of benzene rings is 1. The van der Waals surface area contributed by atoms with E-state index in [1.807, 2.05) is 13.8 Å². The molecule has 0 fully saturated rings. The molecule has 2 N–H and O–H groups in total. The van der Waals surface area contributed by atoms with E-state index in [1.165, 1.54) is 24.3 Å². The van der Waals surface area contributed by atoms with Gasteiger partial charge in [-0.3, -0.25) is 9.59 Å². The first-order chi connectivity index (χ1) is 13.3. The van der Waals surface area contributed by atoms with E-state index >= 15 is 0 Å². The number of aliphatic hydroxyl groups excluding tert-OH is 1. The molecule has 1 amide bonds. The average molecular weight is 385 g/mol. The van der Waals surface area contributed by atoms with Crippen LogP contribution in [0.5, 0.6) is 11.5 Å². The van der Waals surface area contributed by atoms with Gasteiger partial charge in [0.2, 0.25) is 0 Å². The Morgan fingerprint density at radius 2 is 2.04 bits per heavy atom. The third kappa shape index (κ3) is 3.60. The van der Waals surface area contributed by atoms with Gasteiger partial charge in [-0.15, -0.1) is 0 Å². The molecule has 2 heterocycles. The maximum Gasteiger partial charge on any atom is 0.290 e. The van der Waals surface area contributed by atoms with Crippen LogP contribution in [0.4, 0.5) is 0 Å². The second-order valence-electron chi connectivity index (χ2n) is 7.13. The van der Waals surface area contributed by atoms with E-state index < -0.39 is 17.7 Å². The number of hydrogen-bond donors (Lipinski definition) is 2. The van der Waals surface area contributed by atoms with Crippen molar-refractivity contribution in [3.05, 3.63) is 59.3 Å². The number of amides is 1. The zero-order valence-electron chi connectivity index (χ0n) is 16.0. The summed E-state index contributed by atoms with van der Waals surface area (Å²) >= 11 is 0. The summed E-state index contributed by atoms with van der Waals surface area (Å²) in [4.78, 5) is 27.0. The number of aliphatic hydroxyl groups is 1. The van der Waals surface area contributed by atoms with Crippen LogP contribution in [0.1, 0.15) is 37.6 Å². The van der Waals surface area contributed by atoms with Gasteiger partial charge in [0, 0.05) is 6.42 Å². The van der Waals surface area contributed by atoms with Crippen molar-refractivity contribution in [1.29, 1.82) is 0 Å². The number of aromatic hydroxyl groups is 1. The fourth-order valence-electron chi connectivity index (χ4n) is 3.38. The van der Waals surface area contributed by atoms with Gasteiger partial charge < -0.3 is 24.3 Å². The number of phenols is 1. The molecule has 1 unspecified atom stereocenters. The van der Waals surface area contributed by atoms with Crippen molar-refractivity contribution in [3.63, 3.8) is 0 Å². The van der Waals surface area contributed by atoms with Crippen LogP contribution < -0.4 is 4.74 Å². The predicted octanol–water partition coefficient (Wildman–Crippen LogP) is 3.50. The molecule has 0 bridgehead atoms. The summed E-state index contributed by atoms with van der Waals surface area (Å²) in [5.74, 6) is -0.779. The molecule has 0 aliphatic carbocycles. The molecule has 1 aliphatic rings. The van der Waals surface area contributed by atoms with Gasteiger partial charge in [-0.25, -0.2) is 0 Å². The molecule has 0 saturated heterocycles. The van der Waals surface area contributed by atoms with Gasteiger partial charge in [0.25, 0.3) is 5.91 Å². The lowest BCUT2D eigenvalue weighted by Gasteiger charge is -2.26. The summed E-state index contributed by atoms with van der Waals surface area (Å²) in [6.45, 7) is 3.86. The first-order valence-electron chi connectivity index (χ1n) is 9.00. The second-order valence-corrected chi connectivity index (χ2v) is 7.13. The molecule has 7 heteroatoms. The lowest BCUT2D eigenvalue weighted by Crippen LogP contribution is -2.30. The van der Waals surface area contributed by atoms with Gasteiger partial charge in [0.1, 0.15) is 5.76 Å². The molecule has 7 nitrogen and oxygen atoms in total. The Bertz CT molecular complexity index is 913. The number of ketones is 1. The Labute approximate surface area is 162 Å². The van der Waals surface area contributed by atoms with Crippen molar-refractivity contribution in [2.75, 3.05) is 7.11 Å². The molecule has 0 radical (unpaired) electrons. The van der Waals surface area contributed by atoms with Gasteiger partial charge >= 0.3 is 0 Å². The zero-order valence-corrected chi connectivity index (χ0v) is 16.0. The van der Waals surface area contributed by atoms with Crippen molar-refractivity contribution >= 4 is 11.7 Å². The third-order valence-corrected chi connectivity index (χ3v) is 4.62. The molecular weight excluding hydrogens is 362 g/mol. The summed E-state index contributed by atoms with van der Waals surface area (Å²) in [5.41, 5.74) is 0.532. The van der Waals surface area contributed by atoms with Crippen LogP contribution in [0, 0.1) is 5.92 Å². The molecule has 148 valence electrons. The van der Waals surface area contributed by atoms with Gasteiger partial charge in [-0.1, -0.05) is 19.9 Å². The summed E-state index contributed by atoms with van der Waals surface area (Å²) < 4.78 is 10.4. The maximum absolute atomic E-state index is 12.8. The van der Waals surface area contributed by atoms with Crippen molar-refractivity contribution in [2.24, 2.45) is 5.92 Å². The molecule has 1 atom stereocenters. The van der Waals surface area contributed by atoms with E-state index in [0.717, 1.165) is 0 Å². The fraction of sp³-hybridized carbons (Fsp3) is 0.333. The van der Waals surface area contributed by atoms with E-state index in [9.17, 15) is 19.8 Å². The zero-order chi connectivity index (χ0) is 20.4. The Morgan fingerprint density at radius 3 is 2.61 bits per heavy atom. The highest BCUT2D eigenvalue weighted by atomic mass is 16.5. The van der Waals surface area contributed by atoms with Crippen molar-refractivity contribution in [2.45, 2.75) is 32.9 Å². The highest BCUT2D eigenvalue weighted by Crippen LogP contribution is 2.41. The number of rotatable bonds is 7. The second kappa shape index (κ2) is 7.80. The highest BCUT2D eigenvalue weighted by Gasteiger charge is 2.43. The quantitative estimate of drug-likeness (QED) is 0.757. The molecule has 0 spiro atoms. The smallest absolute Gasteiger partial charge is 0.290 e. The summed E-state index contributed by atoms with van der Waals surface area (Å²) in [7, 11) is 1.43. The number of Topliss-reactive ketones (excluding diaryl/α,β-unsaturated/α-hetero) is 1. The first-order valence-corrected chi connectivity index (χ1v) is 9.00. The SMILES string of the molecule is COc1ccc(C2C(C(=O)CC(C)C)=C(O)C(=O)N2Cc2ccco2)cc1O. The summed E-state index contributed by atoms with van der Waals surface area (Å²) in [6.07, 6.45) is 1.68. The highest BCUT2D eigenvalue weighted by molar-refractivity contribution is 6.09. The Kier molecular flexibility index (Phi) is 5.44. The average Bonchev–Trinajstić information content (AvgIpc) is 3.23. The van der Waals surface area contributed by atoms with E-state index in [2.05, 4.69) is 0 Å². The van der Waals surface area contributed by atoms with Crippen LogP contribution in [0.2, 0.25) is 0 Å². The number of phenolic OH excluding ortho intramolecular Hbond substituents is 1. The summed E-state index contributed by atoms with van der Waals surface area (Å²) in [5, 5.41) is 20.7. The predicted molar refractivity (Wildman–Crippen MR) is 101 cm³/mol. The number of carbonyl (C=O) groups excluding carboxylic acids is 2. The number of nitrogens with zero attached hydrogens (tertiary/aromatic N) is 1. The number of carbonyl (C=O) groups is 2. The summed E-state index contributed by atoms with van der Waals surface area (Å²) in [6, 6.07) is 7.23. The molecule has 1 aromatic heterocycles. The van der Waals surface area contributed by atoms with Crippen LogP contribution in [0.15, 0.2) is 52.3 Å². The van der Waals surface area contributed by atoms with E-state index in [0.29, 0.717) is 11.3 Å². The molecule has 1 aliphatic heterocycles. The van der Waals surface area contributed by atoms with Gasteiger partial charge in [0.05, 0.1) is 31.5 Å². The van der Waals surface area contributed by atoms with Gasteiger partial charge in [-0.2, -0.15) is 0 Å². The molecule has 2 aromatic rings. The Balaban J connectivity index is 2.07. The van der Waals surface area contributed by atoms with E-state index in [4.69, 9.17) is 9.15 Å². The third-order valence-electron chi connectivity index (χ3n) is 4.62. The van der Waals surface area contributed by atoms with Crippen LogP contribution in [-0.2, 0) is 16.1 Å². The maximum atomic E-state index is 12.8. The first kappa shape index (κ1) is 19.5. The lowest BCUT2D eigenvalue weighted by molar-refractivity contribution is -0.130. The van der Waals surface area contributed by atoms with E-state index in [-0.39, 0.29) is 41.7 Å². The van der Waals surface area contributed by atoms with Crippen LogP contribution >= 0.6 is 0 Å². The minimum Gasteiger partial charge on any atom is -0.504 e. The molecule has 28 heavy (non-hydrogen) atoms. The standard InChI is InChI=1S/C21H23NO6/c1-12(2)9-16(24)18-19(13-6-7-17(27-3)15(23)10-13)22(21(26)20(18)25)11-14-5-4-8-28-14/h4-8,10,12,19,23,25H,9,11H2,1-3H3. The van der Waals surface area contributed by atoms with Crippen molar-refractivity contribution in [3.8, 4) is 11.5 Å². The topological polar surface area (TPSA) is 100 Å². The largest absolute Gasteiger partial charge is 0.504 e. The van der Waals surface area contributed by atoms with Crippen molar-refractivity contribution in [1.82, 2.24) is 4.90 Å². The molecule has 1 aromatic carbocycles. The van der Waals surface area contributed by atoms with Gasteiger partial charge in [0.15, 0.2) is 23.0 Å². The monoisotopic (exact) mass is 385 g/mol. The lowest BCUT2D eigenvalue weighted by atomic mass is 9.92. The number of furan rings is 1. The minimum absolute atomic E-state index is 0.0369. The number of methoxy groups -OCH3 is 1. The normalized spacial score (nSPS) is 16.9. The Morgan fingerprint density at radius 1 is 1.29 bits per heavy atom. The molecule has 3 rings (SSSR count). The number of ether oxygens (including phenoxy) is 1. The molecular formula is C21H23NO6. The van der Waals surface area contributed by atoms with Crippen LogP contribution in [0.25, 0.3) is 0 Å². The van der Waals surface area contributed by atoms with Crippen LogP contribution in [0.3, 0.4) is 0 Å². The van der Waals surface area contributed by atoms with Crippen molar-refractivity contribution < 1.29 is 29.0 Å². The number of hydrogen-bond acceptors (Lipinski definition) is 6. The Hall–Kier alpha value is -3.22. The fourth-order valence-corrected chi connectivity index (χ4v) is 3.38. The minimum atomic E-state index is -0.833. The van der Waals surface area contributed by atoms with Crippen LogP contribution in [-0.4, -0.2) is 33.9 Å².